The Hall–Kier alpha value is -0.640. The first-order chi connectivity index (χ1) is 6.66. The third-order valence-electron chi connectivity index (χ3n) is 2.35. The van der Waals surface area contributed by atoms with E-state index >= 15 is 0 Å². The Morgan fingerprint density at radius 2 is 1.93 bits per heavy atom. The highest BCUT2D eigenvalue weighted by atomic mass is 127. The Balaban J connectivity index is 2.62. The van der Waals surface area contributed by atoms with E-state index in [4.69, 9.17) is 0 Å². The molecule has 0 aliphatic rings. The minimum atomic E-state index is 0.582. The zero-order chi connectivity index (χ0) is 10.1. The predicted octanol–water partition coefficient (Wildman–Crippen LogP) is 3.96. The first kappa shape index (κ1) is 9.90. The van der Waals surface area contributed by atoms with Crippen LogP contribution in [0, 0.1) is 3.70 Å². The lowest BCUT2D eigenvalue weighted by Gasteiger charge is -2.06. The largest absolute Gasteiger partial charge is 0.242 e. The SMILES string of the molecule is CC(C)c1ccc2nc(I)ccc2c1. The van der Waals surface area contributed by atoms with Crippen LogP contribution in [0.2, 0.25) is 0 Å². The van der Waals surface area contributed by atoms with E-state index in [2.05, 4.69) is 65.7 Å². The van der Waals surface area contributed by atoms with E-state index in [0.29, 0.717) is 5.92 Å². The molecule has 0 spiro atoms. The first-order valence-corrected chi connectivity index (χ1v) is 5.81. The summed E-state index contributed by atoms with van der Waals surface area (Å²) >= 11 is 2.24. The molecule has 1 nitrogen and oxygen atoms in total. The van der Waals surface area contributed by atoms with Gasteiger partial charge < -0.3 is 0 Å². The third-order valence-corrected chi connectivity index (χ3v) is 2.95. The second-order valence-electron chi connectivity index (χ2n) is 3.74. The van der Waals surface area contributed by atoms with Gasteiger partial charge in [-0.25, -0.2) is 4.98 Å². The highest BCUT2D eigenvalue weighted by molar-refractivity contribution is 14.1. The highest BCUT2D eigenvalue weighted by Gasteiger charge is 2.01. The van der Waals surface area contributed by atoms with Crippen LogP contribution in [0.15, 0.2) is 30.3 Å². The number of benzene rings is 1. The molecule has 2 aromatic rings. The lowest BCUT2D eigenvalue weighted by atomic mass is 10.0. The summed E-state index contributed by atoms with van der Waals surface area (Å²) in [5.74, 6) is 0.582. The maximum Gasteiger partial charge on any atom is 0.102 e. The molecule has 0 unspecified atom stereocenters. The van der Waals surface area contributed by atoms with Gasteiger partial charge in [-0.05, 0) is 52.3 Å². The molecule has 1 heterocycles. The molecule has 0 bridgehead atoms. The summed E-state index contributed by atoms with van der Waals surface area (Å²) in [6.45, 7) is 4.42. The Kier molecular flexibility index (Phi) is 2.72. The number of halogens is 1. The van der Waals surface area contributed by atoms with Crippen molar-refractivity contribution in [3.63, 3.8) is 0 Å². The van der Waals surface area contributed by atoms with E-state index in [1.807, 2.05) is 6.07 Å². The van der Waals surface area contributed by atoms with Gasteiger partial charge in [-0.3, -0.25) is 0 Å². The Morgan fingerprint density at radius 1 is 1.14 bits per heavy atom. The molecule has 0 aliphatic heterocycles. The summed E-state index contributed by atoms with van der Waals surface area (Å²) in [5.41, 5.74) is 2.46. The summed E-state index contributed by atoms with van der Waals surface area (Å²) in [5, 5.41) is 1.23. The van der Waals surface area contributed by atoms with Gasteiger partial charge >= 0.3 is 0 Å². The summed E-state index contributed by atoms with van der Waals surface area (Å²) in [6, 6.07) is 10.7. The number of fused-ring (bicyclic) bond motifs is 1. The average molecular weight is 297 g/mol. The number of hydrogen-bond acceptors (Lipinski definition) is 1. The maximum atomic E-state index is 4.46. The first-order valence-electron chi connectivity index (χ1n) is 4.73. The molecular weight excluding hydrogens is 285 g/mol. The van der Waals surface area contributed by atoms with E-state index in [9.17, 15) is 0 Å². The van der Waals surface area contributed by atoms with Gasteiger partial charge in [0.25, 0.3) is 0 Å². The molecule has 1 aromatic carbocycles. The smallest absolute Gasteiger partial charge is 0.102 e. The number of rotatable bonds is 1. The lowest BCUT2D eigenvalue weighted by Crippen LogP contribution is -1.88. The van der Waals surface area contributed by atoms with Gasteiger partial charge in [0.15, 0.2) is 0 Å². The second-order valence-corrected chi connectivity index (χ2v) is 4.85. The Labute approximate surface area is 97.7 Å². The van der Waals surface area contributed by atoms with Crippen LogP contribution >= 0.6 is 22.6 Å². The standard InChI is InChI=1S/C12H12IN/c1-8(2)9-3-5-11-10(7-9)4-6-12(13)14-11/h3-8H,1-2H3. The molecule has 0 atom stereocenters. The molecule has 14 heavy (non-hydrogen) atoms. The van der Waals surface area contributed by atoms with Crippen molar-refractivity contribution < 1.29 is 0 Å². The van der Waals surface area contributed by atoms with Crippen LogP contribution in [0.25, 0.3) is 10.9 Å². The molecule has 0 radical (unpaired) electrons. The van der Waals surface area contributed by atoms with Crippen LogP contribution in [-0.2, 0) is 0 Å². The molecular formula is C12H12IN. The molecule has 72 valence electrons. The van der Waals surface area contributed by atoms with Gasteiger partial charge in [0.1, 0.15) is 3.70 Å². The van der Waals surface area contributed by atoms with Gasteiger partial charge in [0.05, 0.1) is 5.52 Å². The molecule has 0 aliphatic carbocycles. The van der Waals surface area contributed by atoms with E-state index < -0.39 is 0 Å². The monoisotopic (exact) mass is 297 g/mol. The molecule has 0 N–H and O–H groups in total. The topological polar surface area (TPSA) is 12.9 Å². The van der Waals surface area contributed by atoms with Crippen molar-refractivity contribution in [1.29, 1.82) is 0 Å². The fourth-order valence-corrected chi connectivity index (χ4v) is 1.92. The van der Waals surface area contributed by atoms with E-state index in [1.165, 1.54) is 10.9 Å². The zero-order valence-corrected chi connectivity index (χ0v) is 10.4. The van der Waals surface area contributed by atoms with Gasteiger partial charge in [-0.15, -0.1) is 0 Å². The third kappa shape index (κ3) is 1.90. The fourth-order valence-electron chi connectivity index (χ4n) is 1.48. The van der Waals surface area contributed by atoms with E-state index in [-0.39, 0.29) is 0 Å². The molecule has 2 rings (SSSR count). The number of hydrogen-bond donors (Lipinski definition) is 0. The minimum absolute atomic E-state index is 0.582. The molecule has 0 saturated carbocycles. The van der Waals surface area contributed by atoms with Crippen LogP contribution < -0.4 is 0 Å². The number of nitrogens with zero attached hydrogens (tertiary/aromatic N) is 1. The number of aromatic nitrogens is 1. The van der Waals surface area contributed by atoms with Crippen molar-refractivity contribution in [2.24, 2.45) is 0 Å². The van der Waals surface area contributed by atoms with Crippen molar-refractivity contribution in [2.45, 2.75) is 19.8 Å². The zero-order valence-electron chi connectivity index (χ0n) is 8.29. The molecule has 1 aromatic heterocycles. The summed E-state index contributed by atoms with van der Waals surface area (Å²) in [6.07, 6.45) is 0. The van der Waals surface area contributed by atoms with E-state index in [1.54, 1.807) is 0 Å². The van der Waals surface area contributed by atoms with Gasteiger partial charge in [0, 0.05) is 5.39 Å². The van der Waals surface area contributed by atoms with Crippen molar-refractivity contribution >= 4 is 33.5 Å². The summed E-state index contributed by atoms with van der Waals surface area (Å²) in [7, 11) is 0. The number of pyridine rings is 1. The fraction of sp³-hybridized carbons (Fsp3) is 0.250. The van der Waals surface area contributed by atoms with Gasteiger partial charge in [0.2, 0.25) is 0 Å². The van der Waals surface area contributed by atoms with Crippen molar-refractivity contribution in [3.05, 3.63) is 39.6 Å². The Bertz CT molecular complexity index is 463. The predicted molar refractivity (Wildman–Crippen MR) is 68.5 cm³/mol. The lowest BCUT2D eigenvalue weighted by molar-refractivity contribution is 0.868. The van der Waals surface area contributed by atoms with Crippen LogP contribution in [0.1, 0.15) is 25.3 Å². The highest BCUT2D eigenvalue weighted by Crippen LogP contribution is 2.20. The van der Waals surface area contributed by atoms with Crippen LogP contribution in [-0.4, -0.2) is 4.98 Å². The second kappa shape index (κ2) is 3.85. The van der Waals surface area contributed by atoms with Gasteiger partial charge in [-0.1, -0.05) is 26.0 Å². The van der Waals surface area contributed by atoms with E-state index in [0.717, 1.165) is 9.22 Å². The summed E-state index contributed by atoms with van der Waals surface area (Å²) < 4.78 is 1.05. The maximum absolute atomic E-state index is 4.46. The van der Waals surface area contributed by atoms with Crippen molar-refractivity contribution in [2.75, 3.05) is 0 Å². The normalized spacial score (nSPS) is 11.1. The van der Waals surface area contributed by atoms with Crippen molar-refractivity contribution in [3.8, 4) is 0 Å². The van der Waals surface area contributed by atoms with Crippen LogP contribution in [0.4, 0.5) is 0 Å². The molecule has 2 heteroatoms. The molecule has 0 fully saturated rings. The van der Waals surface area contributed by atoms with Gasteiger partial charge in [-0.2, -0.15) is 0 Å². The minimum Gasteiger partial charge on any atom is -0.242 e. The van der Waals surface area contributed by atoms with Crippen LogP contribution in [0.5, 0.6) is 0 Å². The van der Waals surface area contributed by atoms with Crippen molar-refractivity contribution in [1.82, 2.24) is 4.98 Å². The Morgan fingerprint density at radius 3 is 2.64 bits per heavy atom. The molecule has 0 amide bonds. The quantitative estimate of drug-likeness (QED) is 0.573. The molecule has 0 saturated heterocycles. The summed E-state index contributed by atoms with van der Waals surface area (Å²) in [4.78, 5) is 4.46. The van der Waals surface area contributed by atoms with Crippen LogP contribution in [0.3, 0.4) is 0 Å². The average Bonchev–Trinajstić information content (AvgIpc) is 2.16.